The lowest BCUT2D eigenvalue weighted by Gasteiger charge is -1.88. The van der Waals surface area contributed by atoms with Crippen LogP contribution < -0.4 is 0 Å². The summed E-state index contributed by atoms with van der Waals surface area (Å²) < 4.78 is 0. The zero-order valence-electron chi connectivity index (χ0n) is 9.03. The van der Waals surface area contributed by atoms with E-state index in [9.17, 15) is 0 Å². The van der Waals surface area contributed by atoms with Crippen molar-refractivity contribution in [3.8, 4) is 0 Å². The van der Waals surface area contributed by atoms with Crippen LogP contribution in [-0.4, -0.2) is 13.3 Å². The van der Waals surface area contributed by atoms with Gasteiger partial charge in [0.1, 0.15) is 7.11 Å². The lowest BCUT2D eigenvalue weighted by atomic mass is 10.2. The third-order valence-electron chi connectivity index (χ3n) is 1.42. The van der Waals surface area contributed by atoms with Gasteiger partial charge >= 0.3 is 0 Å². The Morgan fingerprint density at radius 1 is 1.36 bits per heavy atom. The molecule has 0 saturated carbocycles. The van der Waals surface area contributed by atoms with Crippen molar-refractivity contribution < 1.29 is 4.84 Å². The molecule has 0 N–H and O–H groups in total. The molecule has 0 amide bonds. The van der Waals surface area contributed by atoms with E-state index in [4.69, 9.17) is 0 Å². The second kappa shape index (κ2) is 8.05. The predicted octanol–water partition coefficient (Wildman–Crippen LogP) is 3.25. The number of allylic oxidation sites excluding steroid dienone is 7. The van der Waals surface area contributed by atoms with E-state index < -0.39 is 0 Å². The molecule has 0 spiro atoms. The van der Waals surface area contributed by atoms with Crippen molar-refractivity contribution in [2.75, 3.05) is 7.11 Å². The molecule has 0 bridgehead atoms. The summed E-state index contributed by atoms with van der Waals surface area (Å²) in [5, 5.41) is 3.60. The van der Waals surface area contributed by atoms with Gasteiger partial charge in [-0.25, -0.2) is 0 Å². The second-order valence-corrected chi connectivity index (χ2v) is 2.76. The van der Waals surface area contributed by atoms with Gasteiger partial charge in [-0.05, 0) is 19.4 Å². The number of nitrogens with zero attached hydrogens (tertiary/aromatic N) is 1. The van der Waals surface area contributed by atoms with Crippen molar-refractivity contribution in [3.63, 3.8) is 0 Å². The third-order valence-corrected chi connectivity index (χ3v) is 1.42. The van der Waals surface area contributed by atoms with Crippen LogP contribution in [0.4, 0.5) is 0 Å². The van der Waals surface area contributed by atoms with Crippen LogP contribution in [0.1, 0.15) is 13.8 Å². The van der Waals surface area contributed by atoms with E-state index in [-0.39, 0.29) is 0 Å². The Morgan fingerprint density at radius 3 is 2.64 bits per heavy atom. The quantitative estimate of drug-likeness (QED) is 0.371. The van der Waals surface area contributed by atoms with Gasteiger partial charge in [-0.15, -0.1) is 0 Å². The van der Waals surface area contributed by atoms with Crippen LogP contribution >= 0.6 is 0 Å². The average Bonchev–Trinajstić information content (AvgIpc) is 2.15. The lowest BCUT2D eigenvalue weighted by Crippen LogP contribution is -1.77. The molecule has 2 nitrogen and oxygen atoms in total. The van der Waals surface area contributed by atoms with Crippen molar-refractivity contribution in [1.29, 1.82) is 0 Å². The van der Waals surface area contributed by atoms with Crippen LogP contribution in [0.3, 0.4) is 0 Å². The van der Waals surface area contributed by atoms with Crippen LogP contribution in [0, 0.1) is 0 Å². The van der Waals surface area contributed by atoms with Crippen molar-refractivity contribution >= 4 is 6.21 Å². The molecule has 0 aliphatic heterocycles. The Hall–Kier alpha value is -1.57. The van der Waals surface area contributed by atoms with E-state index in [1.54, 1.807) is 6.21 Å². The molecule has 0 aromatic carbocycles. The standard InChI is InChI=1S/C12H17NO/c1-5-7-11(2)8-6-9-12(3)10-13-14-4/h5-10H,3H2,1-2,4H3/b7-5-,9-6+,11-8-,13-10-. The van der Waals surface area contributed by atoms with Gasteiger partial charge in [0.25, 0.3) is 0 Å². The average molecular weight is 191 g/mol. The number of oxime groups is 1. The molecule has 2 heteroatoms. The lowest BCUT2D eigenvalue weighted by molar-refractivity contribution is 0.215. The van der Waals surface area contributed by atoms with E-state index in [1.807, 2.05) is 44.2 Å². The van der Waals surface area contributed by atoms with Crippen LogP contribution in [-0.2, 0) is 4.84 Å². The molecule has 0 unspecified atom stereocenters. The van der Waals surface area contributed by atoms with Crippen molar-refractivity contribution in [2.45, 2.75) is 13.8 Å². The third kappa shape index (κ3) is 7.10. The summed E-state index contributed by atoms with van der Waals surface area (Å²) in [6.45, 7) is 7.80. The van der Waals surface area contributed by atoms with Gasteiger partial charge in [-0.1, -0.05) is 47.7 Å². The Labute approximate surface area is 86.0 Å². The second-order valence-electron chi connectivity index (χ2n) is 2.76. The van der Waals surface area contributed by atoms with Crippen LogP contribution in [0.25, 0.3) is 0 Å². The minimum absolute atomic E-state index is 0.802. The highest BCUT2D eigenvalue weighted by Crippen LogP contribution is 1.96. The van der Waals surface area contributed by atoms with E-state index in [1.165, 1.54) is 12.7 Å². The monoisotopic (exact) mass is 191 g/mol. The molecule has 0 heterocycles. The van der Waals surface area contributed by atoms with E-state index in [0.717, 1.165) is 5.57 Å². The molecular weight excluding hydrogens is 174 g/mol. The number of rotatable bonds is 5. The molecule has 14 heavy (non-hydrogen) atoms. The van der Waals surface area contributed by atoms with E-state index in [2.05, 4.69) is 16.6 Å². The zero-order valence-corrected chi connectivity index (χ0v) is 9.03. The molecule has 0 rings (SSSR count). The summed E-state index contributed by atoms with van der Waals surface area (Å²) in [4.78, 5) is 4.53. The fourth-order valence-corrected chi connectivity index (χ4v) is 0.805. The molecular formula is C12H17NO. The van der Waals surface area contributed by atoms with Gasteiger partial charge < -0.3 is 4.84 Å². The van der Waals surface area contributed by atoms with Gasteiger partial charge in [0.05, 0.1) is 6.21 Å². The fraction of sp³-hybridized carbons (Fsp3) is 0.250. The maximum Gasteiger partial charge on any atom is 0.106 e. The molecule has 0 fully saturated rings. The minimum Gasteiger partial charge on any atom is -0.399 e. The first-order valence-corrected chi connectivity index (χ1v) is 4.43. The Balaban J connectivity index is 4.12. The van der Waals surface area contributed by atoms with Gasteiger partial charge in [-0.3, -0.25) is 0 Å². The Bertz CT molecular complexity index is 283. The molecule has 0 radical (unpaired) electrons. The van der Waals surface area contributed by atoms with Crippen LogP contribution in [0.15, 0.2) is 53.3 Å². The number of hydrogen-bond acceptors (Lipinski definition) is 2. The molecule has 0 saturated heterocycles. The number of hydrogen-bond donors (Lipinski definition) is 0. The maximum absolute atomic E-state index is 4.53. The van der Waals surface area contributed by atoms with Gasteiger partial charge in [0.15, 0.2) is 0 Å². The Kier molecular flexibility index (Phi) is 7.15. The van der Waals surface area contributed by atoms with E-state index >= 15 is 0 Å². The molecule has 0 atom stereocenters. The van der Waals surface area contributed by atoms with Crippen molar-refractivity contribution in [3.05, 3.63) is 48.1 Å². The van der Waals surface area contributed by atoms with Gasteiger partial charge in [0, 0.05) is 0 Å². The molecule has 0 aromatic rings. The first kappa shape index (κ1) is 12.4. The fourth-order valence-electron chi connectivity index (χ4n) is 0.805. The maximum atomic E-state index is 4.53. The van der Waals surface area contributed by atoms with Crippen LogP contribution in [0.2, 0.25) is 0 Å². The molecule has 76 valence electrons. The zero-order chi connectivity index (χ0) is 10.8. The van der Waals surface area contributed by atoms with Crippen molar-refractivity contribution in [1.82, 2.24) is 0 Å². The largest absolute Gasteiger partial charge is 0.399 e. The highest BCUT2D eigenvalue weighted by molar-refractivity contribution is 5.80. The van der Waals surface area contributed by atoms with Gasteiger partial charge in [-0.2, -0.15) is 0 Å². The summed E-state index contributed by atoms with van der Waals surface area (Å²) in [6, 6.07) is 0. The topological polar surface area (TPSA) is 21.6 Å². The summed E-state index contributed by atoms with van der Waals surface area (Å²) in [5.41, 5.74) is 2.00. The highest BCUT2D eigenvalue weighted by atomic mass is 16.6. The first-order valence-electron chi connectivity index (χ1n) is 4.43. The van der Waals surface area contributed by atoms with Gasteiger partial charge in [0.2, 0.25) is 0 Å². The highest BCUT2D eigenvalue weighted by Gasteiger charge is 1.80. The summed E-state index contributed by atoms with van der Waals surface area (Å²) in [6.07, 6.45) is 11.4. The molecule has 0 aliphatic rings. The first-order chi connectivity index (χ1) is 6.70. The minimum atomic E-state index is 0.802. The normalized spacial score (nSPS) is 13.2. The Morgan fingerprint density at radius 2 is 2.07 bits per heavy atom. The van der Waals surface area contributed by atoms with E-state index in [0.29, 0.717) is 0 Å². The van der Waals surface area contributed by atoms with Crippen molar-refractivity contribution in [2.24, 2.45) is 5.16 Å². The molecule has 0 aliphatic carbocycles. The molecule has 0 aromatic heterocycles. The predicted molar refractivity (Wildman–Crippen MR) is 62.4 cm³/mol. The SMILES string of the molecule is C=C(/C=N\OC)/C=C/C=C(C)\C=C/C. The smallest absolute Gasteiger partial charge is 0.106 e. The van der Waals surface area contributed by atoms with Crippen LogP contribution in [0.5, 0.6) is 0 Å². The summed E-state index contributed by atoms with van der Waals surface area (Å²) in [7, 11) is 1.50. The summed E-state index contributed by atoms with van der Waals surface area (Å²) in [5.74, 6) is 0. The summed E-state index contributed by atoms with van der Waals surface area (Å²) >= 11 is 0.